The average molecular weight is 423 g/mol. The Morgan fingerprint density at radius 1 is 1.16 bits per heavy atom. The van der Waals surface area contributed by atoms with Crippen LogP contribution in [-0.4, -0.2) is 52.9 Å². The molecule has 8 heteroatoms. The maximum atomic E-state index is 14.3. The second-order valence-electron chi connectivity index (χ2n) is 7.62. The maximum Gasteiger partial charge on any atom is 0.222 e. The molecule has 0 fully saturated rings. The number of nitrogens with zero attached hydrogens (tertiary/aromatic N) is 3. The smallest absolute Gasteiger partial charge is 0.222 e. The van der Waals surface area contributed by atoms with Crippen molar-refractivity contribution < 1.29 is 14.3 Å². The fourth-order valence-electron chi connectivity index (χ4n) is 3.15. The quantitative estimate of drug-likeness (QED) is 0.376. The lowest BCUT2D eigenvalue weighted by molar-refractivity contribution is 0.103. The predicted octanol–water partition coefficient (Wildman–Crippen LogP) is 3.47. The fraction of sp³-hybridized carbons (Fsp3) is 0.261. The van der Waals surface area contributed by atoms with Crippen LogP contribution in [0.25, 0.3) is 11.3 Å². The number of anilines is 2. The molecule has 0 aliphatic rings. The molecule has 0 saturated heterocycles. The lowest BCUT2D eigenvalue weighted by Crippen LogP contribution is -2.17. The highest BCUT2D eigenvalue weighted by atomic mass is 19.1. The van der Waals surface area contributed by atoms with Crippen molar-refractivity contribution in [1.29, 1.82) is 0 Å². The lowest BCUT2D eigenvalue weighted by Gasteiger charge is -2.12. The van der Waals surface area contributed by atoms with Gasteiger partial charge in [0.1, 0.15) is 17.4 Å². The number of carbonyl (C=O) groups excluding carboxylic acids is 1. The molecule has 2 aromatic carbocycles. The number of carbonyl (C=O) groups is 1. The van der Waals surface area contributed by atoms with Gasteiger partial charge in [-0.05, 0) is 69.9 Å². The van der Waals surface area contributed by atoms with Crippen LogP contribution in [0.4, 0.5) is 16.2 Å². The second-order valence-corrected chi connectivity index (χ2v) is 7.62. The summed E-state index contributed by atoms with van der Waals surface area (Å²) >= 11 is 0. The van der Waals surface area contributed by atoms with Crippen molar-refractivity contribution in [2.45, 2.75) is 13.3 Å². The zero-order valence-electron chi connectivity index (χ0n) is 17.8. The number of aromatic nitrogens is 2. The van der Waals surface area contributed by atoms with Crippen molar-refractivity contribution in [3.05, 3.63) is 65.0 Å². The average Bonchev–Trinajstić information content (AvgIpc) is 2.70. The number of phenolic OH excluding ortho intramolecular Hbond substituents is 1. The second kappa shape index (κ2) is 9.53. The van der Waals surface area contributed by atoms with Gasteiger partial charge < -0.3 is 21.1 Å². The number of aromatic hydroxyl groups is 1. The highest BCUT2D eigenvalue weighted by Gasteiger charge is 2.17. The van der Waals surface area contributed by atoms with Gasteiger partial charge in [0.2, 0.25) is 5.95 Å². The minimum absolute atomic E-state index is 0.0345. The molecule has 0 unspecified atom stereocenters. The van der Waals surface area contributed by atoms with Crippen molar-refractivity contribution in [1.82, 2.24) is 14.9 Å². The molecule has 3 rings (SSSR count). The molecule has 0 saturated carbocycles. The Labute approximate surface area is 180 Å². The molecule has 1 heterocycles. The number of nitrogen functional groups attached to an aromatic ring is 1. The number of aryl methyl sites for hydroxylation is 1. The van der Waals surface area contributed by atoms with E-state index in [1.807, 2.05) is 14.1 Å². The van der Waals surface area contributed by atoms with Gasteiger partial charge in [-0.25, -0.2) is 9.37 Å². The number of rotatable bonds is 8. The summed E-state index contributed by atoms with van der Waals surface area (Å²) in [4.78, 5) is 23.3. The summed E-state index contributed by atoms with van der Waals surface area (Å²) < 4.78 is 14.3. The minimum Gasteiger partial charge on any atom is -0.507 e. The molecule has 0 aliphatic carbocycles. The first-order valence-corrected chi connectivity index (χ1v) is 9.92. The molecule has 3 aromatic rings. The van der Waals surface area contributed by atoms with E-state index in [1.54, 1.807) is 19.1 Å². The Balaban J connectivity index is 1.90. The molecule has 4 N–H and O–H groups in total. The largest absolute Gasteiger partial charge is 0.507 e. The van der Waals surface area contributed by atoms with Crippen LogP contribution in [0.5, 0.6) is 5.75 Å². The van der Waals surface area contributed by atoms with Crippen molar-refractivity contribution in [2.24, 2.45) is 0 Å². The van der Waals surface area contributed by atoms with Gasteiger partial charge in [0.15, 0.2) is 5.78 Å². The molecule has 162 valence electrons. The topological polar surface area (TPSA) is 104 Å². The van der Waals surface area contributed by atoms with Gasteiger partial charge in [0.25, 0.3) is 0 Å². The first kappa shape index (κ1) is 22.2. The van der Waals surface area contributed by atoms with E-state index in [1.165, 1.54) is 30.3 Å². The van der Waals surface area contributed by atoms with Crippen LogP contribution in [-0.2, 0) is 0 Å². The van der Waals surface area contributed by atoms with Crippen molar-refractivity contribution >= 4 is 17.5 Å². The number of benzene rings is 2. The number of nitrogens with one attached hydrogen (secondary N) is 1. The van der Waals surface area contributed by atoms with E-state index in [0.717, 1.165) is 18.5 Å². The van der Waals surface area contributed by atoms with Gasteiger partial charge in [0, 0.05) is 23.7 Å². The molecule has 0 bridgehead atoms. The van der Waals surface area contributed by atoms with Gasteiger partial charge in [-0.15, -0.1) is 0 Å². The highest BCUT2D eigenvalue weighted by molar-refractivity contribution is 6.10. The van der Waals surface area contributed by atoms with Crippen LogP contribution in [0.15, 0.2) is 42.5 Å². The van der Waals surface area contributed by atoms with Crippen LogP contribution < -0.4 is 11.1 Å². The van der Waals surface area contributed by atoms with E-state index < -0.39 is 11.6 Å². The summed E-state index contributed by atoms with van der Waals surface area (Å²) in [6, 6.07) is 10.4. The first-order valence-electron chi connectivity index (χ1n) is 9.92. The van der Waals surface area contributed by atoms with Crippen LogP contribution >= 0.6 is 0 Å². The van der Waals surface area contributed by atoms with Gasteiger partial charge in [0.05, 0.1) is 11.3 Å². The zero-order chi connectivity index (χ0) is 22.5. The third-order valence-electron chi connectivity index (χ3n) is 4.74. The Bertz CT molecular complexity index is 1100. The summed E-state index contributed by atoms with van der Waals surface area (Å²) in [7, 11) is 4.00. The number of nitrogens with two attached hydrogens (primary N) is 1. The van der Waals surface area contributed by atoms with Gasteiger partial charge in [-0.1, -0.05) is 6.07 Å². The number of hydrogen-bond donors (Lipinski definition) is 3. The number of hydrogen-bond acceptors (Lipinski definition) is 7. The summed E-state index contributed by atoms with van der Waals surface area (Å²) in [6.45, 7) is 3.36. The fourth-order valence-corrected chi connectivity index (χ4v) is 3.15. The summed E-state index contributed by atoms with van der Waals surface area (Å²) in [6.07, 6.45) is 0.906. The molecule has 31 heavy (non-hydrogen) atoms. The van der Waals surface area contributed by atoms with Crippen molar-refractivity contribution in [2.75, 3.05) is 38.2 Å². The minimum atomic E-state index is -0.588. The van der Waals surface area contributed by atoms with E-state index in [4.69, 9.17) is 5.73 Å². The number of ketones is 1. The lowest BCUT2D eigenvalue weighted by atomic mass is 9.98. The van der Waals surface area contributed by atoms with Gasteiger partial charge >= 0.3 is 0 Å². The Kier molecular flexibility index (Phi) is 6.81. The molecule has 7 nitrogen and oxygen atoms in total. The standard InChI is InChI=1S/C23H26FN5O2/c1-14-5-7-16(18(24)11-14)22(31)15-6-8-20(30)17(12-15)19-13-21(28-23(25)27-19)26-9-4-10-29(2)3/h5-8,11-13,30H,4,9-10H2,1-3H3,(H3,25,26,27,28). The molecule has 0 atom stereocenters. The van der Waals surface area contributed by atoms with E-state index in [-0.39, 0.29) is 22.8 Å². The number of halogens is 1. The monoisotopic (exact) mass is 423 g/mol. The molecule has 1 aromatic heterocycles. The van der Waals surface area contributed by atoms with Crippen LogP contribution in [0.3, 0.4) is 0 Å². The normalized spacial score (nSPS) is 11.0. The first-order chi connectivity index (χ1) is 14.7. The van der Waals surface area contributed by atoms with Crippen molar-refractivity contribution in [3.63, 3.8) is 0 Å². The molecule has 0 aliphatic heterocycles. The third-order valence-corrected chi connectivity index (χ3v) is 4.74. The molecule has 0 amide bonds. The summed E-state index contributed by atoms with van der Waals surface area (Å²) in [5, 5.41) is 13.6. The Morgan fingerprint density at radius 3 is 2.65 bits per heavy atom. The van der Waals surface area contributed by atoms with E-state index in [9.17, 15) is 14.3 Å². The summed E-state index contributed by atoms with van der Waals surface area (Å²) in [5.74, 6) is -0.592. The molecule has 0 spiro atoms. The van der Waals surface area contributed by atoms with Gasteiger partial charge in [-0.2, -0.15) is 4.98 Å². The van der Waals surface area contributed by atoms with Crippen LogP contribution in [0.1, 0.15) is 27.9 Å². The van der Waals surface area contributed by atoms with Crippen LogP contribution in [0.2, 0.25) is 0 Å². The SMILES string of the molecule is Cc1ccc(C(=O)c2ccc(O)c(-c3cc(NCCCN(C)C)nc(N)n3)c2)c(F)c1. The predicted molar refractivity (Wildman–Crippen MR) is 120 cm³/mol. The van der Waals surface area contributed by atoms with E-state index in [0.29, 0.717) is 23.6 Å². The molecule has 0 radical (unpaired) electrons. The van der Waals surface area contributed by atoms with Crippen molar-refractivity contribution in [3.8, 4) is 17.0 Å². The van der Waals surface area contributed by atoms with Crippen LogP contribution in [0, 0.1) is 12.7 Å². The van der Waals surface area contributed by atoms with E-state index >= 15 is 0 Å². The summed E-state index contributed by atoms with van der Waals surface area (Å²) in [5.41, 5.74) is 7.44. The number of phenols is 1. The Morgan fingerprint density at radius 2 is 1.94 bits per heavy atom. The Hall–Kier alpha value is -3.52. The van der Waals surface area contributed by atoms with E-state index in [2.05, 4.69) is 20.2 Å². The third kappa shape index (κ3) is 5.55. The van der Waals surface area contributed by atoms with Gasteiger partial charge in [-0.3, -0.25) is 4.79 Å². The molecular weight excluding hydrogens is 397 g/mol. The zero-order valence-corrected chi connectivity index (χ0v) is 17.8. The maximum absolute atomic E-state index is 14.3. The molecular formula is C23H26FN5O2. The highest BCUT2D eigenvalue weighted by Crippen LogP contribution is 2.31.